The maximum Gasteiger partial charge on any atom is 0.0996 e. The quantitative estimate of drug-likeness (QED) is 0.0823. The van der Waals surface area contributed by atoms with E-state index in [0.717, 1.165) is 87.7 Å². The van der Waals surface area contributed by atoms with Gasteiger partial charge in [-0.2, -0.15) is 0 Å². The van der Waals surface area contributed by atoms with Gasteiger partial charge in [-0.25, -0.2) is 9.97 Å². The van der Waals surface area contributed by atoms with Gasteiger partial charge in [0.15, 0.2) is 0 Å². The minimum Gasteiger partial charge on any atom is -0.254 e. The van der Waals surface area contributed by atoms with Crippen LogP contribution in [-0.2, 0) is 19.5 Å². The average molecular weight is 958 g/mol. The first-order valence-electron chi connectivity index (χ1n) is 22.0. The number of hydrogen-bond donors (Lipinski definition) is 0. The number of rotatable bonds is 0. The van der Waals surface area contributed by atoms with Crippen molar-refractivity contribution in [2.75, 3.05) is 0 Å². The Labute approximate surface area is 398 Å². The largest absolute Gasteiger partial charge is 0.254 e. The summed E-state index contributed by atoms with van der Waals surface area (Å²) in [6.07, 6.45) is 14.9. The third-order valence-corrected chi connectivity index (χ3v) is 13.4. The number of fused-ring (bicyclic) bond motifs is 18. The van der Waals surface area contributed by atoms with Crippen molar-refractivity contribution in [3.8, 4) is 0 Å². The summed E-state index contributed by atoms with van der Waals surface area (Å²) < 4.78 is 0. The number of aromatic nitrogens is 10. The maximum atomic E-state index is 5.14. The molecule has 0 fully saturated rings. The topological polar surface area (TPSA) is 129 Å². The van der Waals surface area contributed by atoms with Gasteiger partial charge in [0.25, 0.3) is 0 Å². The molecule has 0 spiro atoms. The molecule has 0 aliphatic rings. The van der Waals surface area contributed by atoms with Crippen molar-refractivity contribution in [1.29, 1.82) is 0 Å². The molecule has 9 heterocycles. The molecule has 4 aromatic carbocycles. The molecule has 9 aromatic heterocycles. The summed E-state index contributed by atoms with van der Waals surface area (Å²) in [5, 5.41) is 8.59. The van der Waals surface area contributed by atoms with Gasteiger partial charge >= 0.3 is 0 Å². The van der Waals surface area contributed by atoms with Gasteiger partial charge in [0, 0.05) is 112 Å². The molecule has 0 saturated carbocycles. The molecule has 0 aliphatic carbocycles. The SMILES string of the molecule is Cc1cnc2c(ccc3c(C)c(C)cnc32)c1C.Cc1cnc2c(ccc3c(C)c(C)cnc32)c1C.[Ru].c1cnc2c(c1)c1nc3c4cccnc4c4ncccc4c3nc1c1cccnc12. The van der Waals surface area contributed by atoms with Gasteiger partial charge in [-0.15, -0.1) is 0 Å². The van der Waals surface area contributed by atoms with Crippen molar-refractivity contribution in [2.24, 2.45) is 0 Å². The molecule has 13 aromatic rings. The van der Waals surface area contributed by atoms with Crippen LogP contribution >= 0.6 is 0 Å². The van der Waals surface area contributed by atoms with Gasteiger partial charge < -0.3 is 0 Å². The van der Waals surface area contributed by atoms with E-state index in [2.05, 4.69) is 120 Å². The summed E-state index contributed by atoms with van der Waals surface area (Å²) in [7, 11) is 0. The molecule has 326 valence electrons. The predicted octanol–water partition coefficient (Wildman–Crippen LogP) is 13.0. The number of pyridine rings is 8. The molecule has 0 unspecified atom stereocenters. The smallest absolute Gasteiger partial charge is 0.0996 e. The van der Waals surface area contributed by atoms with Crippen LogP contribution in [0.2, 0.25) is 0 Å². The molecule has 0 N–H and O–H groups in total. The molecular weight excluding hydrogens is 914 g/mol. The van der Waals surface area contributed by atoms with Gasteiger partial charge in [-0.1, -0.05) is 24.3 Å². The third-order valence-electron chi connectivity index (χ3n) is 13.4. The number of hydrogen-bond acceptors (Lipinski definition) is 10. The fourth-order valence-electron chi connectivity index (χ4n) is 9.10. The molecule has 0 radical (unpaired) electrons. The van der Waals surface area contributed by atoms with Gasteiger partial charge in [-0.05, 0) is 148 Å². The van der Waals surface area contributed by atoms with Gasteiger partial charge in [0.1, 0.15) is 0 Å². The minimum atomic E-state index is 0. The van der Waals surface area contributed by atoms with E-state index in [4.69, 9.17) is 9.97 Å². The molecule has 67 heavy (non-hydrogen) atoms. The number of benzene rings is 4. The zero-order valence-electron chi connectivity index (χ0n) is 38.4. The van der Waals surface area contributed by atoms with E-state index in [-0.39, 0.29) is 19.5 Å². The Balaban J connectivity index is 0.000000124. The monoisotopic (exact) mass is 958 g/mol. The van der Waals surface area contributed by atoms with E-state index < -0.39 is 0 Å². The Morgan fingerprint density at radius 1 is 0.239 bits per heavy atom. The molecule has 0 aliphatic heterocycles. The fourth-order valence-corrected chi connectivity index (χ4v) is 9.10. The Hall–Kier alpha value is -7.62. The summed E-state index contributed by atoms with van der Waals surface area (Å²) in [6.45, 7) is 17.0. The second-order valence-corrected chi connectivity index (χ2v) is 17.2. The second-order valence-electron chi connectivity index (χ2n) is 17.2. The molecule has 0 saturated heterocycles. The minimum absolute atomic E-state index is 0. The van der Waals surface area contributed by atoms with Crippen LogP contribution in [0.25, 0.3) is 109 Å². The van der Waals surface area contributed by atoms with Crippen LogP contribution in [0.4, 0.5) is 0 Å². The summed E-state index contributed by atoms with van der Waals surface area (Å²) in [5.74, 6) is 0. The van der Waals surface area contributed by atoms with Crippen LogP contribution in [0, 0.1) is 55.4 Å². The van der Waals surface area contributed by atoms with Crippen LogP contribution in [0.1, 0.15) is 44.5 Å². The molecular formula is C56H44N10Ru. The van der Waals surface area contributed by atoms with Crippen molar-refractivity contribution < 1.29 is 19.5 Å². The van der Waals surface area contributed by atoms with E-state index in [9.17, 15) is 0 Å². The third kappa shape index (κ3) is 7.04. The Bertz CT molecular complexity index is 3640. The number of nitrogens with zero attached hydrogens (tertiary/aromatic N) is 10. The first kappa shape index (κ1) is 43.3. The van der Waals surface area contributed by atoms with E-state index in [1.807, 2.05) is 73.3 Å². The standard InChI is InChI=1S/C24H12N6.2C16H16N2.Ru/c1-5-13-17(25-9-1)18-14(6-2-10-26-18)22-21(13)29-23-15-7-3-11-27-19(15)20-16(24(23)30-22)8-4-12-28-20;2*1-9-7-17-15-13(11(9)3)5-6-14-12(4)10(2)8-18-16(14)15;/h1-12H;2*5-8H,1-4H3;. The summed E-state index contributed by atoms with van der Waals surface area (Å²) >= 11 is 0. The van der Waals surface area contributed by atoms with Crippen molar-refractivity contribution >= 4 is 109 Å². The summed E-state index contributed by atoms with van der Waals surface area (Å²) in [6, 6.07) is 24.5. The van der Waals surface area contributed by atoms with Crippen LogP contribution in [-0.4, -0.2) is 49.8 Å². The predicted molar refractivity (Wildman–Crippen MR) is 270 cm³/mol. The summed E-state index contributed by atoms with van der Waals surface area (Å²) in [4.78, 5) is 47.0. The molecule has 0 atom stereocenters. The van der Waals surface area contributed by atoms with E-state index >= 15 is 0 Å². The Morgan fingerprint density at radius 2 is 0.448 bits per heavy atom. The molecule has 10 nitrogen and oxygen atoms in total. The summed E-state index contributed by atoms with van der Waals surface area (Å²) in [5.41, 5.74) is 20.7. The second kappa shape index (κ2) is 17.0. The van der Waals surface area contributed by atoms with E-state index in [1.165, 1.54) is 66.1 Å². The zero-order chi connectivity index (χ0) is 45.4. The van der Waals surface area contributed by atoms with E-state index in [1.54, 1.807) is 24.8 Å². The van der Waals surface area contributed by atoms with Crippen molar-refractivity contribution in [3.63, 3.8) is 0 Å². The van der Waals surface area contributed by atoms with Crippen molar-refractivity contribution in [3.05, 3.63) is 167 Å². The van der Waals surface area contributed by atoms with Crippen LogP contribution in [0.3, 0.4) is 0 Å². The normalized spacial score (nSPS) is 11.5. The maximum absolute atomic E-state index is 5.14. The Morgan fingerprint density at radius 3 is 0.672 bits per heavy atom. The molecule has 11 heteroatoms. The molecule has 0 bridgehead atoms. The van der Waals surface area contributed by atoms with Crippen LogP contribution < -0.4 is 0 Å². The Kier molecular flexibility index (Phi) is 11.0. The van der Waals surface area contributed by atoms with Crippen molar-refractivity contribution in [2.45, 2.75) is 55.4 Å². The average Bonchev–Trinajstić information content (AvgIpc) is 3.36. The van der Waals surface area contributed by atoms with Crippen molar-refractivity contribution in [1.82, 2.24) is 49.8 Å². The van der Waals surface area contributed by atoms with Gasteiger partial charge in [-0.3, -0.25) is 39.9 Å². The first-order valence-corrected chi connectivity index (χ1v) is 22.0. The molecule has 0 amide bonds. The first-order chi connectivity index (χ1) is 32.1. The van der Waals surface area contributed by atoms with Crippen LogP contribution in [0.5, 0.6) is 0 Å². The van der Waals surface area contributed by atoms with Crippen LogP contribution in [0.15, 0.2) is 122 Å². The van der Waals surface area contributed by atoms with Gasteiger partial charge in [0.05, 0.1) is 66.2 Å². The van der Waals surface area contributed by atoms with E-state index in [0.29, 0.717) is 0 Å². The molecule has 13 rings (SSSR count). The fraction of sp³-hybridized carbons (Fsp3) is 0.143. The zero-order valence-corrected chi connectivity index (χ0v) is 40.1. The number of aryl methyl sites for hydroxylation is 8. The van der Waals surface area contributed by atoms with Gasteiger partial charge in [0.2, 0.25) is 0 Å².